The van der Waals surface area contributed by atoms with Gasteiger partial charge in [0.25, 0.3) is 0 Å². The Balaban J connectivity index is 1.82. The van der Waals surface area contributed by atoms with Crippen molar-refractivity contribution in [2.75, 3.05) is 24.3 Å². The minimum atomic E-state index is -0.0394. The third-order valence-electron chi connectivity index (χ3n) is 4.05. The van der Waals surface area contributed by atoms with Crippen molar-refractivity contribution < 1.29 is 4.79 Å². The number of hydrogen-bond acceptors (Lipinski definition) is 6. The maximum atomic E-state index is 11.5. The molecule has 124 valence electrons. The number of fused-ring (bicyclic) bond motifs is 1. The van der Waals surface area contributed by atoms with Gasteiger partial charge in [-0.3, -0.25) is 4.79 Å². The van der Waals surface area contributed by atoms with Crippen LogP contribution in [-0.4, -0.2) is 45.6 Å². The Labute approximate surface area is 139 Å². The minimum Gasteiger partial charge on any atom is -0.351 e. The van der Waals surface area contributed by atoms with Crippen LogP contribution in [0.4, 0.5) is 11.9 Å². The van der Waals surface area contributed by atoms with Gasteiger partial charge in [0.05, 0.1) is 12.6 Å². The summed E-state index contributed by atoms with van der Waals surface area (Å²) in [4.78, 5) is 22.5. The Morgan fingerprint density at radius 1 is 1.42 bits per heavy atom. The van der Waals surface area contributed by atoms with E-state index in [0.717, 1.165) is 24.0 Å². The zero-order valence-electron chi connectivity index (χ0n) is 13.7. The summed E-state index contributed by atoms with van der Waals surface area (Å²) in [5.41, 5.74) is 3.04. The molecule has 2 aromatic rings. The fourth-order valence-corrected chi connectivity index (χ4v) is 2.59. The summed E-state index contributed by atoms with van der Waals surface area (Å²) in [5, 5.41) is 10.5. The average molecular weight is 325 g/mol. The van der Waals surface area contributed by atoms with E-state index in [9.17, 15) is 4.79 Å². The summed E-state index contributed by atoms with van der Waals surface area (Å²) in [6.07, 6.45) is 6.28. The lowest BCUT2D eigenvalue weighted by atomic mass is 10.1. The van der Waals surface area contributed by atoms with E-state index in [4.69, 9.17) is 0 Å². The molecule has 0 unspecified atom stereocenters. The first-order chi connectivity index (χ1) is 11.5. The van der Waals surface area contributed by atoms with Gasteiger partial charge in [0.15, 0.2) is 5.65 Å². The van der Waals surface area contributed by atoms with E-state index in [1.165, 1.54) is 0 Å². The second-order valence-electron chi connectivity index (χ2n) is 6.37. The molecule has 2 aromatic heterocycles. The van der Waals surface area contributed by atoms with Crippen LogP contribution in [0.5, 0.6) is 0 Å². The summed E-state index contributed by atoms with van der Waals surface area (Å²) < 4.78 is 1.71. The van der Waals surface area contributed by atoms with Gasteiger partial charge >= 0.3 is 0 Å². The van der Waals surface area contributed by atoms with E-state index in [-0.39, 0.29) is 5.91 Å². The topological polar surface area (TPSA) is 87.5 Å². The van der Waals surface area contributed by atoms with Crippen LogP contribution in [0.15, 0.2) is 24.0 Å². The fourth-order valence-electron chi connectivity index (χ4n) is 2.59. The van der Waals surface area contributed by atoms with Crippen molar-refractivity contribution in [3.05, 3.63) is 29.6 Å². The number of aromatic nitrogens is 4. The number of rotatable bonds is 4. The van der Waals surface area contributed by atoms with Gasteiger partial charge in [0, 0.05) is 31.4 Å². The lowest BCUT2D eigenvalue weighted by Crippen LogP contribution is -2.17. The van der Waals surface area contributed by atoms with Crippen LogP contribution in [0, 0.1) is 0 Å². The van der Waals surface area contributed by atoms with Crippen LogP contribution in [0.2, 0.25) is 0 Å². The number of allylic oxidation sites excluding steroid dienone is 1. The van der Waals surface area contributed by atoms with Gasteiger partial charge in [0.2, 0.25) is 17.8 Å². The van der Waals surface area contributed by atoms with Crippen molar-refractivity contribution in [2.24, 2.45) is 0 Å². The van der Waals surface area contributed by atoms with Gasteiger partial charge in [-0.1, -0.05) is 6.58 Å². The van der Waals surface area contributed by atoms with Crippen LogP contribution in [0.25, 0.3) is 11.7 Å². The second kappa shape index (κ2) is 5.33. The molecule has 3 heterocycles. The predicted octanol–water partition coefficient (Wildman–Crippen LogP) is 1.18. The third kappa shape index (κ3) is 2.60. The van der Waals surface area contributed by atoms with Crippen molar-refractivity contribution in [1.82, 2.24) is 24.9 Å². The van der Waals surface area contributed by atoms with Gasteiger partial charge in [-0.15, -0.1) is 0 Å². The van der Waals surface area contributed by atoms with Gasteiger partial charge < -0.3 is 15.5 Å². The van der Waals surface area contributed by atoms with Gasteiger partial charge in [-0.2, -0.15) is 19.6 Å². The SMILES string of the molecule is C=C1NC(=O)C/C1=C\c1cnn2c(NC3CC3)nc(N(C)C)nc12. The molecule has 1 amide bonds. The number of nitrogens with zero attached hydrogens (tertiary/aromatic N) is 5. The molecule has 0 atom stereocenters. The maximum absolute atomic E-state index is 11.5. The largest absolute Gasteiger partial charge is 0.351 e. The molecule has 1 aliphatic heterocycles. The van der Waals surface area contributed by atoms with Crippen LogP contribution >= 0.6 is 0 Å². The van der Waals surface area contributed by atoms with Crippen molar-refractivity contribution in [3.63, 3.8) is 0 Å². The van der Waals surface area contributed by atoms with E-state index in [0.29, 0.717) is 35.7 Å². The Bertz CT molecular complexity index is 876. The van der Waals surface area contributed by atoms with E-state index >= 15 is 0 Å². The summed E-state index contributed by atoms with van der Waals surface area (Å²) >= 11 is 0. The van der Waals surface area contributed by atoms with E-state index in [2.05, 4.69) is 32.3 Å². The molecular formula is C16H19N7O. The van der Waals surface area contributed by atoms with E-state index < -0.39 is 0 Å². The number of anilines is 2. The second-order valence-corrected chi connectivity index (χ2v) is 6.37. The molecule has 2 N–H and O–H groups in total. The lowest BCUT2D eigenvalue weighted by molar-refractivity contribution is -0.118. The molecule has 0 spiro atoms. The molecule has 1 saturated carbocycles. The fraction of sp³-hybridized carbons (Fsp3) is 0.375. The lowest BCUT2D eigenvalue weighted by Gasteiger charge is -2.13. The number of carbonyl (C=O) groups is 1. The molecule has 2 aliphatic rings. The number of amides is 1. The molecule has 1 saturated heterocycles. The Hall–Kier alpha value is -2.90. The molecule has 8 nitrogen and oxygen atoms in total. The highest BCUT2D eigenvalue weighted by Crippen LogP contribution is 2.27. The van der Waals surface area contributed by atoms with Crippen molar-refractivity contribution in [1.29, 1.82) is 0 Å². The average Bonchev–Trinajstić information content (AvgIpc) is 3.16. The first-order valence-electron chi connectivity index (χ1n) is 7.90. The van der Waals surface area contributed by atoms with Gasteiger partial charge in [0.1, 0.15) is 0 Å². The van der Waals surface area contributed by atoms with Crippen molar-refractivity contribution in [3.8, 4) is 0 Å². The number of hydrogen-bond donors (Lipinski definition) is 2. The standard InChI is InChI=1S/C16H19N7O/c1-9-10(7-13(24)18-9)6-11-8-17-23-14(11)20-15(22(2)3)21-16(23)19-12-4-5-12/h6,8,12H,1,4-5,7H2,2-3H3,(H,18,24)(H,19,20,21)/b10-6+. The smallest absolute Gasteiger partial charge is 0.230 e. The molecule has 2 fully saturated rings. The monoisotopic (exact) mass is 325 g/mol. The Morgan fingerprint density at radius 3 is 2.83 bits per heavy atom. The predicted molar refractivity (Wildman–Crippen MR) is 91.6 cm³/mol. The molecule has 0 bridgehead atoms. The molecule has 0 aromatic carbocycles. The summed E-state index contributed by atoms with van der Waals surface area (Å²) in [6.45, 7) is 3.88. The highest BCUT2D eigenvalue weighted by atomic mass is 16.1. The number of carbonyl (C=O) groups excluding carboxylic acids is 1. The van der Waals surface area contributed by atoms with Crippen LogP contribution in [0.3, 0.4) is 0 Å². The first-order valence-corrected chi connectivity index (χ1v) is 7.90. The quantitative estimate of drug-likeness (QED) is 0.878. The molecule has 0 radical (unpaired) electrons. The summed E-state index contributed by atoms with van der Waals surface area (Å²) in [5.74, 6) is 1.27. The molecular weight excluding hydrogens is 306 g/mol. The maximum Gasteiger partial charge on any atom is 0.230 e. The zero-order chi connectivity index (χ0) is 16.8. The van der Waals surface area contributed by atoms with Crippen molar-refractivity contribution >= 4 is 29.5 Å². The molecule has 8 heteroatoms. The van der Waals surface area contributed by atoms with Crippen LogP contribution in [-0.2, 0) is 4.79 Å². The zero-order valence-corrected chi connectivity index (χ0v) is 13.7. The first kappa shape index (κ1) is 14.7. The van der Waals surface area contributed by atoms with E-state index in [1.54, 1.807) is 10.7 Å². The molecule has 1 aliphatic carbocycles. The molecule has 24 heavy (non-hydrogen) atoms. The highest BCUT2D eigenvalue weighted by molar-refractivity contribution is 5.89. The molecule has 4 rings (SSSR count). The summed E-state index contributed by atoms with van der Waals surface area (Å²) in [6, 6.07) is 0.459. The van der Waals surface area contributed by atoms with Crippen molar-refractivity contribution in [2.45, 2.75) is 25.3 Å². The normalized spacial score (nSPS) is 19.2. The third-order valence-corrected chi connectivity index (χ3v) is 4.05. The van der Waals surface area contributed by atoms with Gasteiger partial charge in [-0.05, 0) is 24.5 Å². The Morgan fingerprint density at radius 2 is 2.21 bits per heavy atom. The minimum absolute atomic E-state index is 0.0394. The summed E-state index contributed by atoms with van der Waals surface area (Å²) in [7, 11) is 3.81. The van der Waals surface area contributed by atoms with Crippen LogP contribution in [0.1, 0.15) is 24.8 Å². The highest BCUT2D eigenvalue weighted by Gasteiger charge is 2.24. The Kier molecular flexibility index (Phi) is 3.26. The van der Waals surface area contributed by atoms with Crippen LogP contribution < -0.4 is 15.5 Å². The van der Waals surface area contributed by atoms with Gasteiger partial charge in [-0.25, -0.2) is 0 Å². The van der Waals surface area contributed by atoms with E-state index in [1.807, 2.05) is 25.1 Å². The number of nitrogens with one attached hydrogen (secondary N) is 2.